The average molecular weight is 377 g/mol. The molecular weight excluding hydrogens is 350 g/mol. The molecule has 2 aromatic carbocycles. The number of likely N-dealkylation sites (N-methyl/N-ethyl adjacent to an activating group) is 1. The van der Waals surface area contributed by atoms with Gasteiger partial charge in [-0.2, -0.15) is 0 Å². The summed E-state index contributed by atoms with van der Waals surface area (Å²) in [5, 5.41) is 1.06. The Balaban J connectivity index is 1.90. The molecule has 4 rings (SSSR count). The second kappa shape index (κ2) is 7.32. The van der Waals surface area contributed by atoms with Crippen LogP contribution in [0.5, 0.6) is 0 Å². The lowest BCUT2D eigenvalue weighted by Gasteiger charge is -2.26. The van der Waals surface area contributed by atoms with E-state index in [1.807, 2.05) is 25.1 Å². The number of rotatable bonds is 5. The average Bonchev–Trinajstić information content (AvgIpc) is 3.23. The zero-order valence-electron chi connectivity index (χ0n) is 17.0. The van der Waals surface area contributed by atoms with Crippen molar-refractivity contribution in [2.45, 2.75) is 19.4 Å². The third-order valence-electron chi connectivity index (χ3n) is 5.56. The third-order valence-corrected chi connectivity index (χ3v) is 5.56. The standard InChI is InChI=1S/C23H27N3O2/c1-5-28-23(27)21-20(17-8-6-7-9-18(17)24-21)22(25(2)3)16-10-11-19-15(14-16)12-13-26(19)4/h6-11,14,22,24H,5,12-13H2,1-4H3. The van der Waals surface area contributed by atoms with Gasteiger partial charge in [0.25, 0.3) is 0 Å². The Morgan fingerprint density at radius 2 is 2.04 bits per heavy atom. The van der Waals surface area contributed by atoms with Crippen LogP contribution in [0.1, 0.15) is 40.1 Å². The van der Waals surface area contributed by atoms with Crippen molar-refractivity contribution in [1.29, 1.82) is 0 Å². The highest BCUT2D eigenvalue weighted by atomic mass is 16.5. The summed E-state index contributed by atoms with van der Waals surface area (Å²) in [5.41, 5.74) is 6.32. The molecule has 1 unspecified atom stereocenters. The van der Waals surface area contributed by atoms with E-state index in [-0.39, 0.29) is 12.0 Å². The molecule has 28 heavy (non-hydrogen) atoms. The van der Waals surface area contributed by atoms with Crippen LogP contribution < -0.4 is 4.90 Å². The molecule has 3 aromatic rings. The summed E-state index contributed by atoms with van der Waals surface area (Å²) in [7, 11) is 6.24. The number of hydrogen-bond donors (Lipinski definition) is 1. The van der Waals surface area contributed by atoms with Crippen LogP contribution in [0.4, 0.5) is 5.69 Å². The van der Waals surface area contributed by atoms with Crippen LogP contribution >= 0.6 is 0 Å². The summed E-state index contributed by atoms with van der Waals surface area (Å²) in [5.74, 6) is -0.304. The first kappa shape index (κ1) is 18.6. The topological polar surface area (TPSA) is 48.6 Å². The van der Waals surface area contributed by atoms with Gasteiger partial charge in [-0.25, -0.2) is 4.79 Å². The van der Waals surface area contributed by atoms with Gasteiger partial charge in [0.15, 0.2) is 0 Å². The van der Waals surface area contributed by atoms with E-state index < -0.39 is 0 Å². The molecule has 0 saturated heterocycles. The predicted molar refractivity (Wildman–Crippen MR) is 113 cm³/mol. The molecule has 0 aliphatic carbocycles. The van der Waals surface area contributed by atoms with Crippen molar-refractivity contribution < 1.29 is 9.53 Å². The van der Waals surface area contributed by atoms with Gasteiger partial charge in [-0.05, 0) is 50.7 Å². The van der Waals surface area contributed by atoms with Crippen molar-refractivity contribution in [1.82, 2.24) is 9.88 Å². The minimum atomic E-state index is -0.304. The van der Waals surface area contributed by atoms with Crippen molar-refractivity contribution in [2.75, 3.05) is 39.2 Å². The fourth-order valence-corrected chi connectivity index (χ4v) is 4.29. The van der Waals surface area contributed by atoms with E-state index in [9.17, 15) is 4.79 Å². The van der Waals surface area contributed by atoms with Crippen LogP contribution in [0.25, 0.3) is 10.9 Å². The zero-order valence-corrected chi connectivity index (χ0v) is 17.0. The van der Waals surface area contributed by atoms with Crippen LogP contribution in [-0.4, -0.2) is 50.1 Å². The fraction of sp³-hybridized carbons (Fsp3) is 0.348. The number of esters is 1. The lowest BCUT2D eigenvalue weighted by molar-refractivity contribution is 0.0518. The van der Waals surface area contributed by atoms with Crippen molar-refractivity contribution in [3.63, 3.8) is 0 Å². The number of aromatic nitrogens is 1. The second-order valence-corrected chi connectivity index (χ2v) is 7.61. The highest BCUT2D eigenvalue weighted by Crippen LogP contribution is 2.38. The minimum Gasteiger partial charge on any atom is -0.461 e. The highest BCUT2D eigenvalue weighted by Gasteiger charge is 2.29. The van der Waals surface area contributed by atoms with Crippen molar-refractivity contribution in [2.24, 2.45) is 0 Å². The maximum atomic E-state index is 12.7. The number of fused-ring (bicyclic) bond motifs is 2. The van der Waals surface area contributed by atoms with E-state index in [4.69, 9.17) is 4.74 Å². The first-order chi connectivity index (χ1) is 13.5. The van der Waals surface area contributed by atoms with Gasteiger partial charge in [0.1, 0.15) is 5.69 Å². The van der Waals surface area contributed by atoms with Crippen molar-refractivity contribution >= 4 is 22.6 Å². The van der Waals surface area contributed by atoms with Crippen molar-refractivity contribution in [3.8, 4) is 0 Å². The van der Waals surface area contributed by atoms with Gasteiger partial charge in [0.05, 0.1) is 12.6 Å². The van der Waals surface area contributed by atoms with E-state index in [1.165, 1.54) is 16.8 Å². The molecule has 0 saturated carbocycles. The minimum absolute atomic E-state index is 0.0493. The number of anilines is 1. The number of para-hydroxylation sites is 1. The lowest BCUT2D eigenvalue weighted by atomic mass is 9.93. The van der Waals surface area contributed by atoms with Crippen LogP contribution in [-0.2, 0) is 11.2 Å². The van der Waals surface area contributed by atoms with E-state index in [0.29, 0.717) is 12.3 Å². The number of benzene rings is 2. The maximum absolute atomic E-state index is 12.7. The molecule has 0 spiro atoms. The summed E-state index contributed by atoms with van der Waals surface area (Å²) >= 11 is 0. The normalized spacial score (nSPS) is 14.5. The molecule has 0 fully saturated rings. The summed E-state index contributed by atoms with van der Waals surface area (Å²) in [6.07, 6.45) is 1.05. The molecule has 1 aromatic heterocycles. The lowest BCUT2D eigenvalue weighted by Crippen LogP contribution is -2.23. The molecule has 2 heterocycles. The Kier molecular flexibility index (Phi) is 4.85. The number of nitrogens with zero attached hydrogens (tertiary/aromatic N) is 2. The molecule has 0 amide bonds. The Morgan fingerprint density at radius 1 is 1.25 bits per heavy atom. The maximum Gasteiger partial charge on any atom is 0.355 e. The molecule has 146 valence electrons. The molecule has 5 heteroatoms. The summed E-state index contributed by atoms with van der Waals surface area (Å²) in [6.45, 7) is 3.23. The predicted octanol–water partition coefficient (Wildman–Crippen LogP) is 3.99. The Bertz CT molecular complexity index is 1020. The molecule has 1 atom stereocenters. The third kappa shape index (κ3) is 3.06. The van der Waals surface area contributed by atoms with Crippen molar-refractivity contribution in [3.05, 3.63) is 64.8 Å². The molecular formula is C23H27N3O2. The van der Waals surface area contributed by atoms with E-state index in [2.05, 4.69) is 60.2 Å². The van der Waals surface area contributed by atoms with Crippen LogP contribution in [0, 0.1) is 0 Å². The Labute approximate surface area is 165 Å². The Hall–Kier alpha value is -2.79. The number of H-pyrrole nitrogens is 1. The largest absolute Gasteiger partial charge is 0.461 e. The zero-order chi connectivity index (χ0) is 19.8. The second-order valence-electron chi connectivity index (χ2n) is 7.61. The van der Waals surface area contributed by atoms with E-state index in [0.717, 1.165) is 29.4 Å². The quantitative estimate of drug-likeness (QED) is 0.683. The smallest absolute Gasteiger partial charge is 0.355 e. The van der Waals surface area contributed by atoms with Gasteiger partial charge in [0, 0.05) is 35.7 Å². The molecule has 1 aliphatic heterocycles. The number of hydrogen-bond acceptors (Lipinski definition) is 4. The Morgan fingerprint density at radius 3 is 2.79 bits per heavy atom. The summed E-state index contributed by atoms with van der Waals surface area (Å²) in [6, 6.07) is 14.7. The van der Waals surface area contributed by atoms with Crippen LogP contribution in [0.2, 0.25) is 0 Å². The number of ether oxygens (including phenoxy) is 1. The number of aromatic amines is 1. The van der Waals surface area contributed by atoms with Gasteiger partial charge in [-0.1, -0.05) is 30.3 Å². The molecule has 0 radical (unpaired) electrons. The monoisotopic (exact) mass is 377 g/mol. The van der Waals surface area contributed by atoms with Crippen LogP contribution in [0.15, 0.2) is 42.5 Å². The van der Waals surface area contributed by atoms with E-state index >= 15 is 0 Å². The molecule has 1 aliphatic rings. The summed E-state index contributed by atoms with van der Waals surface area (Å²) < 4.78 is 5.36. The highest BCUT2D eigenvalue weighted by molar-refractivity contribution is 5.99. The molecule has 5 nitrogen and oxygen atoms in total. The number of nitrogens with one attached hydrogen (secondary N) is 1. The SMILES string of the molecule is CCOC(=O)c1[nH]c2ccccc2c1C(c1ccc2c(c1)CCN2C)N(C)C. The fourth-order valence-electron chi connectivity index (χ4n) is 4.29. The van der Waals surface area contributed by atoms with Gasteiger partial charge in [-0.3, -0.25) is 4.90 Å². The first-order valence-corrected chi connectivity index (χ1v) is 9.79. The molecule has 1 N–H and O–H groups in total. The van der Waals surface area contributed by atoms with Gasteiger partial charge in [-0.15, -0.1) is 0 Å². The molecule has 0 bridgehead atoms. The van der Waals surface area contributed by atoms with Gasteiger partial charge >= 0.3 is 5.97 Å². The first-order valence-electron chi connectivity index (χ1n) is 9.79. The van der Waals surface area contributed by atoms with E-state index in [1.54, 1.807) is 0 Å². The van der Waals surface area contributed by atoms with Gasteiger partial charge in [0.2, 0.25) is 0 Å². The summed E-state index contributed by atoms with van der Waals surface area (Å²) in [4.78, 5) is 20.5. The van der Waals surface area contributed by atoms with Gasteiger partial charge < -0.3 is 14.6 Å². The van der Waals surface area contributed by atoms with Crippen LogP contribution in [0.3, 0.4) is 0 Å². The number of carbonyl (C=O) groups is 1. The number of carbonyl (C=O) groups excluding carboxylic acids is 1.